The lowest BCUT2D eigenvalue weighted by molar-refractivity contribution is -0.135. The Morgan fingerprint density at radius 3 is 2.74 bits per heavy atom. The summed E-state index contributed by atoms with van der Waals surface area (Å²) in [4.78, 5) is 14.4. The molecule has 19 heavy (non-hydrogen) atoms. The Balaban J connectivity index is 2.59. The fourth-order valence-corrected chi connectivity index (χ4v) is 2.90. The number of aliphatic hydroxyl groups excluding tert-OH is 1. The molecule has 0 aromatic rings. The molecule has 1 rings (SSSR count). The summed E-state index contributed by atoms with van der Waals surface area (Å²) < 4.78 is 5.10. The lowest BCUT2D eigenvalue weighted by atomic mass is 10.0. The summed E-state index contributed by atoms with van der Waals surface area (Å²) in [5.41, 5.74) is 0. The molecule has 3 atom stereocenters. The Kier molecular flexibility index (Phi) is 7.39. The van der Waals surface area contributed by atoms with E-state index in [-0.39, 0.29) is 24.0 Å². The summed E-state index contributed by atoms with van der Waals surface area (Å²) in [7, 11) is 1.67. The fraction of sp³-hybridized carbons (Fsp3) is 0.933. The minimum absolute atomic E-state index is 0.213. The van der Waals surface area contributed by atoms with Crippen LogP contribution in [0.15, 0.2) is 0 Å². The molecule has 0 radical (unpaired) electrons. The molecule has 1 aliphatic heterocycles. The molecule has 1 aliphatic rings. The highest BCUT2D eigenvalue weighted by Gasteiger charge is 2.27. The van der Waals surface area contributed by atoms with Crippen molar-refractivity contribution in [2.75, 3.05) is 20.3 Å². The van der Waals surface area contributed by atoms with E-state index in [4.69, 9.17) is 4.74 Å². The van der Waals surface area contributed by atoms with Gasteiger partial charge in [0, 0.05) is 32.7 Å². The zero-order valence-electron chi connectivity index (χ0n) is 12.6. The van der Waals surface area contributed by atoms with Crippen molar-refractivity contribution in [3.05, 3.63) is 0 Å². The van der Waals surface area contributed by atoms with Crippen LogP contribution in [0.4, 0.5) is 0 Å². The summed E-state index contributed by atoms with van der Waals surface area (Å²) in [5, 5.41) is 9.60. The van der Waals surface area contributed by atoms with E-state index in [9.17, 15) is 9.90 Å². The van der Waals surface area contributed by atoms with E-state index in [0.717, 1.165) is 25.8 Å². The van der Waals surface area contributed by atoms with Crippen LogP contribution >= 0.6 is 0 Å². The van der Waals surface area contributed by atoms with Crippen molar-refractivity contribution in [2.24, 2.45) is 5.92 Å². The average molecular weight is 271 g/mol. The highest BCUT2D eigenvalue weighted by molar-refractivity contribution is 5.76. The van der Waals surface area contributed by atoms with Crippen molar-refractivity contribution in [1.82, 2.24) is 4.90 Å². The zero-order valence-corrected chi connectivity index (χ0v) is 12.6. The van der Waals surface area contributed by atoms with Gasteiger partial charge in [0.1, 0.15) is 0 Å². The van der Waals surface area contributed by atoms with E-state index < -0.39 is 0 Å². The number of carbonyl (C=O) groups excluding carboxylic acids is 1. The van der Waals surface area contributed by atoms with Gasteiger partial charge in [-0.1, -0.05) is 19.8 Å². The highest BCUT2D eigenvalue weighted by Crippen LogP contribution is 2.22. The van der Waals surface area contributed by atoms with Gasteiger partial charge in [-0.05, 0) is 32.1 Å². The van der Waals surface area contributed by atoms with Gasteiger partial charge in [0.15, 0.2) is 0 Å². The second kappa shape index (κ2) is 8.54. The standard InChI is InChI=1S/C15H29NO3/c1-12(11-19-3)9-15(18)16-8-6-4-5-7-14(16)10-13(2)17/h12-14,17H,4-11H2,1-3H3. The molecule has 0 aromatic heterocycles. The zero-order chi connectivity index (χ0) is 14.3. The van der Waals surface area contributed by atoms with Crippen molar-refractivity contribution >= 4 is 5.91 Å². The molecule has 4 heteroatoms. The number of amides is 1. The first-order valence-corrected chi connectivity index (χ1v) is 7.51. The van der Waals surface area contributed by atoms with Crippen LogP contribution < -0.4 is 0 Å². The first-order valence-electron chi connectivity index (χ1n) is 7.51. The van der Waals surface area contributed by atoms with Gasteiger partial charge in [-0.2, -0.15) is 0 Å². The Hall–Kier alpha value is -0.610. The van der Waals surface area contributed by atoms with Crippen molar-refractivity contribution < 1.29 is 14.6 Å². The number of likely N-dealkylation sites (tertiary alicyclic amines) is 1. The van der Waals surface area contributed by atoms with Crippen LogP contribution in [0.1, 0.15) is 52.4 Å². The Labute approximate surface area is 117 Å². The minimum atomic E-state index is -0.338. The molecule has 0 spiro atoms. The monoisotopic (exact) mass is 271 g/mol. The molecule has 1 saturated heterocycles. The van der Waals surface area contributed by atoms with E-state index in [1.807, 2.05) is 11.8 Å². The molecule has 0 aromatic carbocycles. The van der Waals surface area contributed by atoms with Crippen LogP contribution in [-0.2, 0) is 9.53 Å². The molecule has 0 aliphatic carbocycles. The normalized spacial score (nSPS) is 23.8. The van der Waals surface area contributed by atoms with Crippen LogP contribution in [0.2, 0.25) is 0 Å². The Morgan fingerprint density at radius 2 is 2.11 bits per heavy atom. The Morgan fingerprint density at radius 1 is 1.37 bits per heavy atom. The second-order valence-electron chi connectivity index (χ2n) is 5.94. The van der Waals surface area contributed by atoms with Gasteiger partial charge in [-0.25, -0.2) is 0 Å². The predicted octanol–water partition coefficient (Wildman–Crippen LogP) is 2.20. The smallest absolute Gasteiger partial charge is 0.223 e. The van der Waals surface area contributed by atoms with Gasteiger partial charge >= 0.3 is 0 Å². The van der Waals surface area contributed by atoms with E-state index in [0.29, 0.717) is 19.4 Å². The largest absolute Gasteiger partial charge is 0.393 e. The molecular formula is C15H29NO3. The molecule has 3 unspecified atom stereocenters. The second-order valence-corrected chi connectivity index (χ2v) is 5.94. The van der Waals surface area contributed by atoms with Crippen LogP contribution in [0.25, 0.3) is 0 Å². The third-order valence-corrected chi connectivity index (χ3v) is 3.78. The number of rotatable bonds is 6. The Bertz CT molecular complexity index is 268. The van der Waals surface area contributed by atoms with Gasteiger partial charge in [0.05, 0.1) is 6.10 Å². The lowest BCUT2D eigenvalue weighted by Crippen LogP contribution is -2.42. The molecular weight excluding hydrogens is 242 g/mol. The fourth-order valence-electron chi connectivity index (χ4n) is 2.90. The first kappa shape index (κ1) is 16.4. The van der Waals surface area contributed by atoms with Crippen molar-refractivity contribution in [3.8, 4) is 0 Å². The van der Waals surface area contributed by atoms with Crippen LogP contribution in [0.3, 0.4) is 0 Å². The van der Waals surface area contributed by atoms with Gasteiger partial charge in [-0.3, -0.25) is 4.79 Å². The average Bonchev–Trinajstić information content (AvgIpc) is 2.53. The maximum Gasteiger partial charge on any atom is 0.223 e. The van der Waals surface area contributed by atoms with E-state index in [1.54, 1.807) is 14.0 Å². The third kappa shape index (κ3) is 5.91. The van der Waals surface area contributed by atoms with E-state index in [1.165, 1.54) is 6.42 Å². The van der Waals surface area contributed by atoms with Crippen LogP contribution in [0.5, 0.6) is 0 Å². The van der Waals surface area contributed by atoms with E-state index >= 15 is 0 Å². The number of aliphatic hydroxyl groups is 1. The predicted molar refractivity (Wildman–Crippen MR) is 75.9 cm³/mol. The highest BCUT2D eigenvalue weighted by atomic mass is 16.5. The van der Waals surface area contributed by atoms with Gasteiger partial charge in [0.2, 0.25) is 5.91 Å². The molecule has 1 fully saturated rings. The summed E-state index contributed by atoms with van der Waals surface area (Å²) in [5.74, 6) is 0.477. The molecule has 0 saturated carbocycles. The van der Waals surface area contributed by atoms with Crippen molar-refractivity contribution in [3.63, 3.8) is 0 Å². The third-order valence-electron chi connectivity index (χ3n) is 3.78. The van der Waals surface area contributed by atoms with Crippen LogP contribution in [0, 0.1) is 5.92 Å². The number of ether oxygens (including phenoxy) is 1. The topological polar surface area (TPSA) is 49.8 Å². The van der Waals surface area contributed by atoms with Crippen molar-refractivity contribution in [2.45, 2.75) is 64.5 Å². The first-order chi connectivity index (χ1) is 9.04. The quantitative estimate of drug-likeness (QED) is 0.805. The number of methoxy groups -OCH3 is 1. The van der Waals surface area contributed by atoms with Gasteiger partial charge < -0.3 is 14.7 Å². The van der Waals surface area contributed by atoms with Gasteiger partial charge in [0.25, 0.3) is 0 Å². The SMILES string of the molecule is COCC(C)CC(=O)N1CCCCCC1CC(C)O. The summed E-state index contributed by atoms with van der Waals surface area (Å²) >= 11 is 0. The van der Waals surface area contributed by atoms with E-state index in [2.05, 4.69) is 0 Å². The molecule has 4 nitrogen and oxygen atoms in total. The molecule has 1 amide bonds. The molecule has 112 valence electrons. The number of nitrogens with zero attached hydrogens (tertiary/aromatic N) is 1. The summed E-state index contributed by atoms with van der Waals surface area (Å²) in [6.07, 6.45) is 5.36. The van der Waals surface area contributed by atoms with Gasteiger partial charge in [-0.15, -0.1) is 0 Å². The number of carbonyl (C=O) groups is 1. The molecule has 1 heterocycles. The number of hydrogen-bond acceptors (Lipinski definition) is 3. The van der Waals surface area contributed by atoms with Crippen molar-refractivity contribution in [1.29, 1.82) is 0 Å². The summed E-state index contributed by atoms with van der Waals surface area (Å²) in [6, 6.07) is 0.213. The number of hydrogen-bond donors (Lipinski definition) is 1. The molecule has 1 N–H and O–H groups in total. The molecule has 0 bridgehead atoms. The maximum absolute atomic E-state index is 12.4. The lowest BCUT2D eigenvalue weighted by Gasteiger charge is -2.32. The minimum Gasteiger partial charge on any atom is -0.393 e. The van der Waals surface area contributed by atoms with Crippen LogP contribution in [-0.4, -0.2) is 48.3 Å². The summed E-state index contributed by atoms with van der Waals surface area (Å²) in [6.45, 7) is 5.32. The maximum atomic E-state index is 12.4.